The number of aliphatic carboxylic acids is 1. The Balaban J connectivity index is 1.99. The first-order valence-corrected chi connectivity index (χ1v) is 9.03. The van der Waals surface area contributed by atoms with E-state index < -0.39 is 27.9 Å². The van der Waals surface area contributed by atoms with Gasteiger partial charge in [-0.2, -0.15) is 0 Å². The standard InChI is InChI=1S/C15H20N2O6S/c1-10(15(19)20)17-14(18)11-4-6-13(7-5-11)24(21,22)16-9-12-3-2-8-23-12/h4-7,10,12,16H,2-3,8-9H2,1H3,(H,17,18)(H,19,20)/t10-,12?/m1/s1. The summed E-state index contributed by atoms with van der Waals surface area (Å²) in [6, 6.07) is 4.25. The van der Waals surface area contributed by atoms with Crippen molar-refractivity contribution < 1.29 is 27.9 Å². The first-order chi connectivity index (χ1) is 11.3. The summed E-state index contributed by atoms with van der Waals surface area (Å²) in [6.45, 7) is 2.19. The molecule has 8 nitrogen and oxygen atoms in total. The van der Waals surface area contributed by atoms with Crippen LogP contribution in [0.25, 0.3) is 0 Å². The number of benzene rings is 1. The molecule has 1 amide bonds. The molecule has 0 bridgehead atoms. The van der Waals surface area contributed by atoms with E-state index in [9.17, 15) is 18.0 Å². The number of hydrogen-bond donors (Lipinski definition) is 3. The van der Waals surface area contributed by atoms with Crippen LogP contribution in [0.2, 0.25) is 0 Å². The van der Waals surface area contributed by atoms with E-state index in [1.54, 1.807) is 0 Å². The van der Waals surface area contributed by atoms with Crippen molar-refractivity contribution in [3.8, 4) is 0 Å². The summed E-state index contributed by atoms with van der Waals surface area (Å²) >= 11 is 0. The van der Waals surface area contributed by atoms with Gasteiger partial charge in [-0.3, -0.25) is 9.59 Å². The molecule has 1 fully saturated rings. The van der Waals surface area contributed by atoms with Gasteiger partial charge in [0.1, 0.15) is 6.04 Å². The fraction of sp³-hybridized carbons (Fsp3) is 0.467. The van der Waals surface area contributed by atoms with Gasteiger partial charge < -0.3 is 15.2 Å². The molecule has 0 radical (unpaired) electrons. The van der Waals surface area contributed by atoms with Crippen LogP contribution in [-0.4, -0.2) is 50.7 Å². The molecule has 1 aliphatic rings. The lowest BCUT2D eigenvalue weighted by Gasteiger charge is -2.12. The molecule has 2 atom stereocenters. The Morgan fingerprint density at radius 2 is 2.00 bits per heavy atom. The molecule has 0 spiro atoms. The second kappa shape index (κ2) is 7.73. The van der Waals surface area contributed by atoms with Gasteiger partial charge in [0.05, 0.1) is 11.0 Å². The summed E-state index contributed by atoms with van der Waals surface area (Å²) in [4.78, 5) is 22.6. The minimum atomic E-state index is -3.68. The molecule has 9 heteroatoms. The van der Waals surface area contributed by atoms with Gasteiger partial charge in [-0.25, -0.2) is 13.1 Å². The van der Waals surface area contributed by atoms with Crippen molar-refractivity contribution in [3.63, 3.8) is 0 Å². The van der Waals surface area contributed by atoms with Crippen molar-refractivity contribution in [3.05, 3.63) is 29.8 Å². The van der Waals surface area contributed by atoms with E-state index >= 15 is 0 Å². The number of hydrogen-bond acceptors (Lipinski definition) is 5. The first kappa shape index (κ1) is 18.4. The van der Waals surface area contributed by atoms with Crippen molar-refractivity contribution >= 4 is 21.9 Å². The number of rotatable bonds is 7. The van der Waals surface area contributed by atoms with Crippen LogP contribution in [0.5, 0.6) is 0 Å². The normalized spacial score (nSPS) is 19.0. The summed E-state index contributed by atoms with van der Waals surface area (Å²) in [5.41, 5.74) is 0.182. The third-order valence-corrected chi connectivity index (χ3v) is 5.11. The van der Waals surface area contributed by atoms with E-state index in [0.717, 1.165) is 12.8 Å². The highest BCUT2D eigenvalue weighted by atomic mass is 32.2. The van der Waals surface area contributed by atoms with Crippen LogP contribution in [0.15, 0.2) is 29.2 Å². The van der Waals surface area contributed by atoms with Gasteiger partial charge in [0.15, 0.2) is 0 Å². The van der Waals surface area contributed by atoms with Crippen LogP contribution >= 0.6 is 0 Å². The summed E-state index contributed by atoms with van der Waals surface area (Å²) in [6.07, 6.45) is 1.64. The maximum absolute atomic E-state index is 12.2. The van der Waals surface area contributed by atoms with E-state index in [-0.39, 0.29) is 23.1 Å². The van der Waals surface area contributed by atoms with Gasteiger partial charge in [0.25, 0.3) is 5.91 Å². The monoisotopic (exact) mass is 356 g/mol. The molecular weight excluding hydrogens is 336 g/mol. The average Bonchev–Trinajstić information content (AvgIpc) is 3.06. The molecule has 1 aromatic rings. The lowest BCUT2D eigenvalue weighted by Crippen LogP contribution is -2.38. The Morgan fingerprint density at radius 1 is 1.33 bits per heavy atom. The molecule has 1 heterocycles. The number of carboxylic acid groups (broad SMARTS) is 1. The zero-order valence-corrected chi connectivity index (χ0v) is 14.0. The molecule has 1 aromatic carbocycles. The van der Waals surface area contributed by atoms with Crippen molar-refractivity contribution in [2.45, 2.75) is 36.8 Å². The SMILES string of the molecule is C[C@@H](NC(=O)c1ccc(S(=O)(=O)NCC2CCCO2)cc1)C(=O)O. The smallest absolute Gasteiger partial charge is 0.325 e. The quantitative estimate of drug-likeness (QED) is 0.648. The summed E-state index contributed by atoms with van der Waals surface area (Å²) in [5, 5.41) is 11.1. The third kappa shape index (κ3) is 4.76. The van der Waals surface area contributed by atoms with Crippen LogP contribution in [0.1, 0.15) is 30.1 Å². The highest BCUT2D eigenvalue weighted by Gasteiger charge is 2.21. The van der Waals surface area contributed by atoms with E-state index in [1.165, 1.54) is 31.2 Å². The van der Waals surface area contributed by atoms with Crippen molar-refractivity contribution in [1.29, 1.82) is 0 Å². The fourth-order valence-corrected chi connectivity index (χ4v) is 3.28. The van der Waals surface area contributed by atoms with Gasteiger partial charge in [0, 0.05) is 18.7 Å². The second-order valence-corrected chi connectivity index (χ2v) is 7.31. The van der Waals surface area contributed by atoms with E-state index in [1.807, 2.05) is 0 Å². The van der Waals surface area contributed by atoms with Crippen molar-refractivity contribution in [1.82, 2.24) is 10.0 Å². The lowest BCUT2D eigenvalue weighted by atomic mass is 10.2. The Kier molecular flexibility index (Phi) is 5.92. The summed E-state index contributed by atoms with van der Waals surface area (Å²) < 4.78 is 32.2. The number of nitrogens with one attached hydrogen (secondary N) is 2. The highest BCUT2D eigenvalue weighted by Crippen LogP contribution is 2.14. The van der Waals surface area contributed by atoms with Crippen LogP contribution in [0.4, 0.5) is 0 Å². The third-order valence-electron chi connectivity index (χ3n) is 3.67. The highest BCUT2D eigenvalue weighted by molar-refractivity contribution is 7.89. The van der Waals surface area contributed by atoms with Crippen LogP contribution in [-0.2, 0) is 19.6 Å². The lowest BCUT2D eigenvalue weighted by molar-refractivity contribution is -0.138. The summed E-state index contributed by atoms with van der Waals surface area (Å²) in [7, 11) is -3.68. The van der Waals surface area contributed by atoms with Crippen molar-refractivity contribution in [2.24, 2.45) is 0 Å². The fourth-order valence-electron chi connectivity index (χ4n) is 2.22. The minimum absolute atomic E-state index is 0.0309. The minimum Gasteiger partial charge on any atom is -0.480 e. The number of carboxylic acids is 1. The maximum Gasteiger partial charge on any atom is 0.325 e. The molecule has 0 aromatic heterocycles. The number of ether oxygens (including phenoxy) is 1. The maximum atomic E-state index is 12.2. The molecule has 132 valence electrons. The largest absolute Gasteiger partial charge is 0.480 e. The molecular formula is C15H20N2O6S. The molecule has 2 rings (SSSR count). The predicted molar refractivity (Wildman–Crippen MR) is 85.2 cm³/mol. The van der Waals surface area contributed by atoms with E-state index in [4.69, 9.17) is 9.84 Å². The predicted octanol–water partition coefficient (Wildman–Crippen LogP) is 0.347. The number of sulfonamides is 1. The molecule has 3 N–H and O–H groups in total. The summed E-state index contributed by atoms with van der Waals surface area (Å²) in [5.74, 6) is -1.73. The Morgan fingerprint density at radius 3 is 2.54 bits per heavy atom. The van der Waals surface area contributed by atoms with Gasteiger partial charge in [-0.05, 0) is 44.0 Å². The topological polar surface area (TPSA) is 122 Å². The molecule has 1 saturated heterocycles. The van der Waals surface area contributed by atoms with Crippen LogP contribution < -0.4 is 10.0 Å². The van der Waals surface area contributed by atoms with Gasteiger partial charge in [0.2, 0.25) is 10.0 Å². The van der Waals surface area contributed by atoms with Crippen LogP contribution in [0, 0.1) is 0 Å². The first-order valence-electron chi connectivity index (χ1n) is 7.54. The zero-order chi connectivity index (χ0) is 17.7. The van der Waals surface area contributed by atoms with E-state index in [0.29, 0.717) is 6.61 Å². The van der Waals surface area contributed by atoms with Crippen LogP contribution in [0.3, 0.4) is 0 Å². The van der Waals surface area contributed by atoms with E-state index in [2.05, 4.69) is 10.0 Å². The zero-order valence-electron chi connectivity index (χ0n) is 13.2. The Hall–Kier alpha value is -1.97. The molecule has 1 unspecified atom stereocenters. The number of carbonyl (C=O) groups is 2. The Bertz CT molecular complexity index is 695. The van der Waals surface area contributed by atoms with Gasteiger partial charge in [-0.1, -0.05) is 0 Å². The average molecular weight is 356 g/mol. The van der Waals surface area contributed by atoms with Gasteiger partial charge in [-0.15, -0.1) is 0 Å². The molecule has 0 aliphatic carbocycles. The number of carbonyl (C=O) groups excluding carboxylic acids is 1. The molecule has 24 heavy (non-hydrogen) atoms. The molecule has 1 aliphatic heterocycles. The Labute approximate surface area is 140 Å². The number of amides is 1. The van der Waals surface area contributed by atoms with Crippen molar-refractivity contribution in [2.75, 3.05) is 13.2 Å². The van der Waals surface area contributed by atoms with Gasteiger partial charge >= 0.3 is 5.97 Å². The second-order valence-electron chi connectivity index (χ2n) is 5.54. The molecule has 0 saturated carbocycles.